The van der Waals surface area contributed by atoms with Crippen LogP contribution in [0, 0.1) is 19.7 Å². The number of ether oxygens (including phenoxy) is 2. The Morgan fingerprint density at radius 2 is 1.73 bits per heavy atom. The molecule has 0 saturated carbocycles. The molecule has 26 heavy (non-hydrogen) atoms. The van der Waals surface area contributed by atoms with Crippen LogP contribution in [-0.4, -0.2) is 29.0 Å². The van der Waals surface area contributed by atoms with Gasteiger partial charge in [0.25, 0.3) is 0 Å². The molecule has 0 N–H and O–H groups in total. The molecule has 0 atom stereocenters. The van der Waals surface area contributed by atoms with Crippen LogP contribution in [0.2, 0.25) is 0 Å². The smallest absolute Gasteiger partial charge is 0.338 e. The quantitative estimate of drug-likeness (QED) is 0.498. The maximum atomic E-state index is 12.8. The third-order valence-electron chi connectivity index (χ3n) is 3.76. The molecule has 2 aromatic carbocycles. The van der Waals surface area contributed by atoms with E-state index in [4.69, 9.17) is 9.47 Å². The fourth-order valence-corrected chi connectivity index (χ4v) is 2.54. The zero-order valence-corrected chi connectivity index (χ0v) is 14.6. The lowest BCUT2D eigenvalue weighted by Crippen LogP contribution is -2.12. The van der Waals surface area contributed by atoms with Gasteiger partial charge in [-0.1, -0.05) is 0 Å². The van der Waals surface area contributed by atoms with E-state index < -0.39 is 5.97 Å². The molecule has 1 heterocycles. The van der Waals surface area contributed by atoms with Gasteiger partial charge in [0, 0.05) is 5.69 Å². The van der Waals surface area contributed by atoms with Crippen molar-refractivity contribution in [3.8, 4) is 11.4 Å². The van der Waals surface area contributed by atoms with Gasteiger partial charge >= 0.3 is 5.97 Å². The fraction of sp³-hybridized carbons (Fsp3) is 0.200. The number of carbonyl (C=O) groups is 1. The minimum atomic E-state index is -0.423. The first-order valence-corrected chi connectivity index (χ1v) is 8.22. The highest BCUT2D eigenvalue weighted by atomic mass is 19.1. The van der Waals surface area contributed by atoms with Crippen molar-refractivity contribution in [3.05, 3.63) is 77.4 Å². The summed E-state index contributed by atoms with van der Waals surface area (Å²) >= 11 is 0. The summed E-state index contributed by atoms with van der Waals surface area (Å²) in [6.45, 7) is 4.21. The molecule has 0 aliphatic carbocycles. The van der Waals surface area contributed by atoms with E-state index in [9.17, 15) is 9.18 Å². The molecule has 1 aromatic heterocycles. The van der Waals surface area contributed by atoms with Gasteiger partial charge in [-0.15, -0.1) is 0 Å². The minimum Gasteiger partial charge on any atom is -0.490 e. The van der Waals surface area contributed by atoms with Crippen LogP contribution in [-0.2, 0) is 4.74 Å². The number of benzene rings is 2. The molecule has 0 radical (unpaired) electrons. The Hall–Kier alpha value is -3.15. The standard InChI is InChI=1S/C20H19FN2O3/c1-14-13-15(2)23(22-14)18-7-3-16(4-8-18)20(24)26-12-11-25-19-9-5-17(21)6-10-19/h3-10,13H,11-12H2,1-2H3. The lowest BCUT2D eigenvalue weighted by molar-refractivity contribution is 0.0450. The highest BCUT2D eigenvalue weighted by Gasteiger charge is 2.09. The van der Waals surface area contributed by atoms with E-state index in [0.29, 0.717) is 11.3 Å². The number of aryl methyl sites for hydroxylation is 2. The third kappa shape index (κ3) is 4.27. The number of hydrogen-bond acceptors (Lipinski definition) is 4. The summed E-state index contributed by atoms with van der Waals surface area (Å²) in [5.74, 6) is -0.225. The van der Waals surface area contributed by atoms with Gasteiger partial charge in [0.2, 0.25) is 0 Å². The van der Waals surface area contributed by atoms with Crippen molar-refractivity contribution in [2.45, 2.75) is 13.8 Å². The minimum absolute atomic E-state index is 0.107. The van der Waals surface area contributed by atoms with E-state index in [1.807, 2.05) is 36.7 Å². The Morgan fingerprint density at radius 1 is 1.04 bits per heavy atom. The first-order chi connectivity index (χ1) is 12.5. The molecule has 0 saturated heterocycles. The monoisotopic (exact) mass is 354 g/mol. The van der Waals surface area contributed by atoms with Gasteiger partial charge in [-0.2, -0.15) is 5.10 Å². The molecule has 0 amide bonds. The van der Waals surface area contributed by atoms with Crippen LogP contribution in [0.3, 0.4) is 0 Å². The summed E-state index contributed by atoms with van der Waals surface area (Å²) in [5, 5.41) is 4.41. The number of esters is 1. The zero-order valence-electron chi connectivity index (χ0n) is 14.6. The lowest BCUT2D eigenvalue weighted by atomic mass is 10.2. The number of hydrogen-bond donors (Lipinski definition) is 0. The summed E-state index contributed by atoms with van der Waals surface area (Å²) < 4.78 is 25.2. The predicted octanol–water partition coefficient (Wildman–Crippen LogP) is 3.86. The number of halogens is 1. The van der Waals surface area contributed by atoms with Gasteiger partial charge in [0.15, 0.2) is 0 Å². The van der Waals surface area contributed by atoms with Crippen molar-refractivity contribution in [1.29, 1.82) is 0 Å². The molecular formula is C20H19FN2O3. The lowest BCUT2D eigenvalue weighted by Gasteiger charge is -2.08. The van der Waals surface area contributed by atoms with Gasteiger partial charge in [0.05, 0.1) is 16.9 Å². The van der Waals surface area contributed by atoms with Crippen LogP contribution in [0.15, 0.2) is 54.6 Å². The summed E-state index contributed by atoms with van der Waals surface area (Å²) in [7, 11) is 0. The molecule has 134 valence electrons. The van der Waals surface area contributed by atoms with Crippen molar-refractivity contribution in [3.63, 3.8) is 0 Å². The Bertz CT molecular complexity index is 886. The van der Waals surface area contributed by atoms with E-state index in [-0.39, 0.29) is 19.0 Å². The first-order valence-electron chi connectivity index (χ1n) is 8.22. The van der Waals surface area contributed by atoms with Gasteiger partial charge in [-0.3, -0.25) is 0 Å². The second kappa shape index (κ2) is 7.82. The molecular weight excluding hydrogens is 335 g/mol. The topological polar surface area (TPSA) is 53.4 Å². The van der Waals surface area contributed by atoms with Crippen molar-refractivity contribution >= 4 is 5.97 Å². The van der Waals surface area contributed by atoms with Crippen molar-refractivity contribution in [2.24, 2.45) is 0 Å². The van der Waals surface area contributed by atoms with Crippen LogP contribution in [0.25, 0.3) is 5.69 Å². The number of rotatable bonds is 6. The van der Waals surface area contributed by atoms with E-state index in [1.165, 1.54) is 24.3 Å². The summed E-state index contributed by atoms with van der Waals surface area (Å²) in [4.78, 5) is 12.1. The number of nitrogens with zero attached hydrogens (tertiary/aromatic N) is 2. The van der Waals surface area contributed by atoms with E-state index in [2.05, 4.69) is 5.10 Å². The maximum absolute atomic E-state index is 12.8. The van der Waals surface area contributed by atoms with E-state index in [0.717, 1.165) is 17.1 Å². The second-order valence-electron chi connectivity index (χ2n) is 5.82. The second-order valence-corrected chi connectivity index (χ2v) is 5.82. The Balaban J connectivity index is 1.51. The van der Waals surface area contributed by atoms with Crippen LogP contribution in [0.5, 0.6) is 5.75 Å². The molecule has 0 bridgehead atoms. The van der Waals surface area contributed by atoms with Gasteiger partial charge in [-0.05, 0) is 68.4 Å². The molecule has 0 fully saturated rings. The number of carbonyl (C=O) groups excluding carboxylic acids is 1. The van der Waals surface area contributed by atoms with Crippen molar-refractivity contribution < 1.29 is 18.7 Å². The van der Waals surface area contributed by atoms with Crippen LogP contribution >= 0.6 is 0 Å². The normalized spacial score (nSPS) is 10.6. The highest BCUT2D eigenvalue weighted by molar-refractivity contribution is 5.89. The van der Waals surface area contributed by atoms with Crippen molar-refractivity contribution in [1.82, 2.24) is 9.78 Å². The van der Waals surface area contributed by atoms with E-state index >= 15 is 0 Å². The van der Waals surface area contributed by atoms with Crippen LogP contribution in [0.1, 0.15) is 21.7 Å². The van der Waals surface area contributed by atoms with Gasteiger partial charge in [-0.25, -0.2) is 13.9 Å². The SMILES string of the molecule is Cc1cc(C)n(-c2ccc(C(=O)OCCOc3ccc(F)cc3)cc2)n1. The van der Waals surface area contributed by atoms with Crippen LogP contribution in [0.4, 0.5) is 4.39 Å². The Morgan fingerprint density at radius 3 is 2.35 bits per heavy atom. The molecule has 0 unspecified atom stereocenters. The Kier molecular flexibility index (Phi) is 5.31. The molecule has 6 heteroatoms. The molecule has 0 aliphatic rings. The van der Waals surface area contributed by atoms with Gasteiger partial charge < -0.3 is 9.47 Å². The van der Waals surface area contributed by atoms with Gasteiger partial charge in [0.1, 0.15) is 24.8 Å². The highest BCUT2D eigenvalue weighted by Crippen LogP contribution is 2.14. The molecule has 0 aliphatic heterocycles. The number of aromatic nitrogens is 2. The molecule has 5 nitrogen and oxygen atoms in total. The summed E-state index contributed by atoms with van der Waals surface area (Å²) in [6, 6.07) is 14.7. The van der Waals surface area contributed by atoms with Crippen LogP contribution < -0.4 is 4.74 Å². The zero-order chi connectivity index (χ0) is 18.5. The van der Waals surface area contributed by atoms with E-state index in [1.54, 1.807) is 12.1 Å². The fourth-order valence-electron chi connectivity index (χ4n) is 2.54. The largest absolute Gasteiger partial charge is 0.490 e. The molecule has 3 aromatic rings. The summed E-state index contributed by atoms with van der Waals surface area (Å²) in [6.07, 6.45) is 0. The summed E-state index contributed by atoms with van der Waals surface area (Å²) in [5.41, 5.74) is 3.30. The molecule has 0 spiro atoms. The first kappa shape index (κ1) is 17.7. The Labute approximate surface area is 151 Å². The molecule has 3 rings (SSSR count). The average molecular weight is 354 g/mol. The third-order valence-corrected chi connectivity index (χ3v) is 3.76. The maximum Gasteiger partial charge on any atom is 0.338 e. The van der Waals surface area contributed by atoms with Crippen molar-refractivity contribution in [2.75, 3.05) is 13.2 Å². The predicted molar refractivity (Wildman–Crippen MR) is 95.2 cm³/mol. The average Bonchev–Trinajstić information content (AvgIpc) is 2.98.